The van der Waals surface area contributed by atoms with Gasteiger partial charge in [0.05, 0.1) is 18.1 Å². The van der Waals surface area contributed by atoms with Crippen LogP contribution in [0.2, 0.25) is 0 Å². The van der Waals surface area contributed by atoms with E-state index in [9.17, 15) is 9.59 Å². The lowest BCUT2D eigenvalue weighted by Crippen LogP contribution is -2.24. The zero-order valence-corrected chi connectivity index (χ0v) is 14.2. The first-order valence-electron chi connectivity index (χ1n) is 8.77. The molecule has 6 heteroatoms. The van der Waals surface area contributed by atoms with Crippen molar-refractivity contribution < 1.29 is 9.53 Å². The summed E-state index contributed by atoms with van der Waals surface area (Å²) in [5, 5.41) is 2.95. The fourth-order valence-electron chi connectivity index (χ4n) is 3.02. The largest absolute Gasteiger partial charge is 0.378 e. The number of carbonyl (C=O) groups excluding carboxylic acids is 1. The van der Waals surface area contributed by atoms with Gasteiger partial charge in [0, 0.05) is 30.3 Å². The van der Waals surface area contributed by atoms with E-state index < -0.39 is 0 Å². The minimum atomic E-state index is -0.217. The number of aromatic amines is 1. The van der Waals surface area contributed by atoms with E-state index in [-0.39, 0.29) is 11.5 Å². The van der Waals surface area contributed by atoms with E-state index >= 15 is 0 Å². The fraction of sp³-hybridized carbons (Fsp3) is 0.421. The normalized spacial score (nSPS) is 16.7. The lowest BCUT2D eigenvalue weighted by Gasteiger charge is -2.09. The third-order valence-corrected chi connectivity index (χ3v) is 4.36. The van der Waals surface area contributed by atoms with Gasteiger partial charge in [-0.25, -0.2) is 4.98 Å². The molecular formula is C19H23N3O3. The maximum atomic E-state index is 12.3. The molecule has 0 saturated carbocycles. The molecule has 1 aliphatic rings. The van der Waals surface area contributed by atoms with Gasteiger partial charge in [0.25, 0.3) is 11.5 Å². The highest BCUT2D eigenvalue weighted by Gasteiger charge is 2.14. The number of hydrogen-bond acceptors (Lipinski definition) is 4. The van der Waals surface area contributed by atoms with Gasteiger partial charge in [-0.15, -0.1) is 0 Å². The van der Waals surface area contributed by atoms with Crippen molar-refractivity contribution in [3.8, 4) is 11.3 Å². The van der Waals surface area contributed by atoms with Crippen LogP contribution in [0.3, 0.4) is 0 Å². The molecule has 2 aromatic rings. The van der Waals surface area contributed by atoms with Crippen molar-refractivity contribution in [1.82, 2.24) is 15.3 Å². The number of amides is 1. The topological polar surface area (TPSA) is 84.1 Å². The van der Waals surface area contributed by atoms with Crippen LogP contribution in [0.15, 0.2) is 41.5 Å². The quantitative estimate of drug-likeness (QED) is 0.758. The Hall–Kier alpha value is -2.47. The summed E-state index contributed by atoms with van der Waals surface area (Å²) in [5.41, 5.74) is 1.65. The van der Waals surface area contributed by atoms with Crippen LogP contribution >= 0.6 is 0 Å². The Kier molecular flexibility index (Phi) is 5.95. The Bertz CT molecular complexity index is 766. The van der Waals surface area contributed by atoms with Crippen LogP contribution in [0.4, 0.5) is 0 Å². The number of rotatable bonds is 7. The molecule has 1 aromatic carbocycles. The minimum absolute atomic E-state index is 0.108. The maximum absolute atomic E-state index is 12.3. The predicted octanol–water partition coefficient (Wildman–Crippen LogP) is 2.52. The highest BCUT2D eigenvalue weighted by molar-refractivity contribution is 5.95. The summed E-state index contributed by atoms with van der Waals surface area (Å²) in [4.78, 5) is 30.3. The summed E-state index contributed by atoms with van der Waals surface area (Å²) in [7, 11) is 0. The zero-order valence-electron chi connectivity index (χ0n) is 14.2. The second kappa shape index (κ2) is 8.58. The van der Waals surface area contributed by atoms with Gasteiger partial charge in [-0.05, 0) is 44.2 Å². The zero-order chi connectivity index (χ0) is 17.5. The van der Waals surface area contributed by atoms with E-state index in [0.717, 1.165) is 37.9 Å². The minimum Gasteiger partial charge on any atom is -0.378 e. The molecule has 132 valence electrons. The highest BCUT2D eigenvalue weighted by atomic mass is 16.5. The number of aromatic nitrogens is 2. The van der Waals surface area contributed by atoms with Crippen molar-refractivity contribution in [1.29, 1.82) is 0 Å². The van der Waals surface area contributed by atoms with Gasteiger partial charge in [0.2, 0.25) is 0 Å². The molecule has 1 amide bonds. The molecule has 2 heterocycles. The van der Waals surface area contributed by atoms with Crippen molar-refractivity contribution in [2.24, 2.45) is 0 Å². The summed E-state index contributed by atoms with van der Waals surface area (Å²) in [5.74, 6) is -0.108. The van der Waals surface area contributed by atoms with Gasteiger partial charge in [0.15, 0.2) is 0 Å². The number of ether oxygens (including phenoxy) is 1. The lowest BCUT2D eigenvalue weighted by molar-refractivity contribution is 0.0947. The number of unbranched alkanes of at least 4 members (excludes halogenated alkanes) is 1. The van der Waals surface area contributed by atoms with Crippen LogP contribution in [-0.4, -0.2) is 35.1 Å². The summed E-state index contributed by atoms with van der Waals surface area (Å²) in [6.45, 7) is 1.54. The molecule has 0 aliphatic carbocycles. The first kappa shape index (κ1) is 17.4. The Balaban J connectivity index is 1.50. The molecule has 1 fully saturated rings. The molecule has 0 spiro atoms. The molecular weight excluding hydrogens is 318 g/mol. The molecule has 1 aliphatic heterocycles. The summed E-state index contributed by atoms with van der Waals surface area (Å²) in [6.07, 6.45) is 7.17. The average Bonchev–Trinajstić information content (AvgIpc) is 3.15. The predicted molar refractivity (Wildman–Crippen MR) is 95.5 cm³/mol. The molecule has 0 unspecified atom stereocenters. The summed E-state index contributed by atoms with van der Waals surface area (Å²) in [6, 6.07) is 8.56. The van der Waals surface area contributed by atoms with Gasteiger partial charge in [-0.1, -0.05) is 12.1 Å². The van der Waals surface area contributed by atoms with Crippen molar-refractivity contribution in [2.45, 2.75) is 38.2 Å². The molecule has 2 N–H and O–H groups in total. The summed E-state index contributed by atoms with van der Waals surface area (Å²) < 4.78 is 5.60. The van der Waals surface area contributed by atoms with Gasteiger partial charge in [0.1, 0.15) is 0 Å². The second-order valence-corrected chi connectivity index (χ2v) is 6.26. The third-order valence-electron chi connectivity index (χ3n) is 4.36. The monoisotopic (exact) mass is 341 g/mol. The number of H-pyrrole nitrogens is 1. The SMILES string of the molecule is O=C(NCCCC[C@@H]1CCCO1)c1cccc(-c2cc(=O)[nH]cn2)c1. The van der Waals surface area contributed by atoms with E-state index in [1.807, 2.05) is 6.07 Å². The molecule has 3 rings (SSSR count). The lowest BCUT2D eigenvalue weighted by atomic mass is 10.1. The first-order valence-corrected chi connectivity index (χ1v) is 8.77. The Morgan fingerprint density at radius 2 is 2.24 bits per heavy atom. The van der Waals surface area contributed by atoms with Crippen LogP contribution in [0.5, 0.6) is 0 Å². The van der Waals surface area contributed by atoms with E-state index in [0.29, 0.717) is 23.9 Å². The molecule has 6 nitrogen and oxygen atoms in total. The van der Waals surface area contributed by atoms with E-state index in [1.165, 1.54) is 18.8 Å². The first-order chi connectivity index (χ1) is 12.2. The van der Waals surface area contributed by atoms with E-state index in [1.54, 1.807) is 18.2 Å². The van der Waals surface area contributed by atoms with Gasteiger partial charge in [-0.3, -0.25) is 9.59 Å². The third kappa shape index (κ3) is 5.00. The molecule has 25 heavy (non-hydrogen) atoms. The van der Waals surface area contributed by atoms with Crippen LogP contribution in [0.1, 0.15) is 42.5 Å². The number of carbonyl (C=O) groups is 1. The standard InChI is InChI=1S/C19H23N3O3/c23-18-12-17(21-13-22-18)14-5-3-6-15(11-14)19(24)20-9-2-1-7-16-8-4-10-25-16/h3,5-6,11-13,16H,1-2,4,7-10H2,(H,20,24)(H,21,22,23)/t16-/m1/s1. The molecule has 1 atom stereocenters. The number of benzene rings is 1. The Morgan fingerprint density at radius 3 is 3.04 bits per heavy atom. The van der Waals surface area contributed by atoms with Crippen LogP contribution < -0.4 is 10.9 Å². The van der Waals surface area contributed by atoms with Crippen molar-refractivity contribution in [2.75, 3.05) is 13.2 Å². The number of nitrogens with zero attached hydrogens (tertiary/aromatic N) is 1. The maximum Gasteiger partial charge on any atom is 0.251 e. The second-order valence-electron chi connectivity index (χ2n) is 6.26. The van der Waals surface area contributed by atoms with Crippen molar-refractivity contribution in [3.63, 3.8) is 0 Å². The van der Waals surface area contributed by atoms with Gasteiger partial charge >= 0.3 is 0 Å². The van der Waals surface area contributed by atoms with Gasteiger partial charge < -0.3 is 15.0 Å². The smallest absolute Gasteiger partial charge is 0.251 e. The number of hydrogen-bond donors (Lipinski definition) is 2. The Morgan fingerprint density at radius 1 is 1.32 bits per heavy atom. The average molecular weight is 341 g/mol. The van der Waals surface area contributed by atoms with Crippen molar-refractivity contribution >= 4 is 5.91 Å². The summed E-state index contributed by atoms with van der Waals surface area (Å²) >= 11 is 0. The fourth-order valence-corrected chi connectivity index (χ4v) is 3.02. The molecule has 0 bridgehead atoms. The van der Waals surface area contributed by atoms with E-state index in [2.05, 4.69) is 15.3 Å². The van der Waals surface area contributed by atoms with Crippen molar-refractivity contribution in [3.05, 3.63) is 52.6 Å². The number of nitrogens with one attached hydrogen (secondary N) is 2. The van der Waals surface area contributed by atoms with E-state index in [4.69, 9.17) is 4.74 Å². The van der Waals surface area contributed by atoms with Crippen LogP contribution in [-0.2, 0) is 4.74 Å². The Labute approximate surface area is 146 Å². The van der Waals surface area contributed by atoms with Gasteiger partial charge in [-0.2, -0.15) is 0 Å². The molecule has 1 saturated heterocycles. The molecule has 0 radical (unpaired) electrons. The highest BCUT2D eigenvalue weighted by Crippen LogP contribution is 2.18. The van der Waals surface area contributed by atoms with Crippen LogP contribution in [0.25, 0.3) is 11.3 Å². The molecule has 1 aromatic heterocycles. The van der Waals surface area contributed by atoms with Crippen LogP contribution in [0, 0.1) is 0 Å².